The Hall–Kier alpha value is -2.07. The lowest BCUT2D eigenvalue weighted by atomic mass is 10.0. The van der Waals surface area contributed by atoms with Crippen molar-refractivity contribution in [3.8, 4) is 6.07 Å². The molecule has 0 radical (unpaired) electrons. The van der Waals surface area contributed by atoms with Gasteiger partial charge in [0, 0.05) is 0 Å². The summed E-state index contributed by atoms with van der Waals surface area (Å²) in [7, 11) is 0. The summed E-state index contributed by atoms with van der Waals surface area (Å²) in [5, 5.41) is 8.69. The van der Waals surface area contributed by atoms with Gasteiger partial charge < -0.3 is 0 Å². The van der Waals surface area contributed by atoms with Crippen LogP contribution in [0.5, 0.6) is 0 Å². The molecule has 0 aliphatic rings. The molecule has 92 valence electrons. The molecule has 0 fully saturated rings. The summed E-state index contributed by atoms with van der Waals surface area (Å²) in [6, 6.07) is 18.4. The smallest absolute Gasteiger partial charge is 0.0994 e. The summed E-state index contributed by atoms with van der Waals surface area (Å²) < 4.78 is 0. The number of benzene rings is 2. The van der Waals surface area contributed by atoms with E-state index in [0.717, 1.165) is 17.5 Å². The van der Waals surface area contributed by atoms with E-state index < -0.39 is 0 Å². The first-order valence-corrected chi connectivity index (χ1v) is 6.18. The second kappa shape index (κ2) is 7.29. The van der Waals surface area contributed by atoms with E-state index in [-0.39, 0.29) is 0 Å². The third-order valence-corrected chi connectivity index (χ3v) is 2.77. The molecule has 2 rings (SSSR count). The van der Waals surface area contributed by atoms with Crippen LogP contribution >= 0.6 is 0 Å². The molecule has 18 heavy (non-hydrogen) atoms. The maximum Gasteiger partial charge on any atom is 0.0994 e. The Kier molecular flexibility index (Phi) is 5.67. The molecule has 1 nitrogen and oxygen atoms in total. The van der Waals surface area contributed by atoms with Crippen LogP contribution in [-0.2, 0) is 6.42 Å². The molecule has 0 spiro atoms. The van der Waals surface area contributed by atoms with Crippen LogP contribution in [0.1, 0.15) is 29.2 Å². The molecule has 0 saturated heterocycles. The average molecular weight is 237 g/mol. The van der Waals surface area contributed by atoms with Crippen LogP contribution in [0.2, 0.25) is 0 Å². The van der Waals surface area contributed by atoms with Crippen molar-refractivity contribution < 1.29 is 0 Å². The second-order valence-electron chi connectivity index (χ2n) is 4.27. The lowest BCUT2D eigenvalue weighted by molar-refractivity contribution is 1.13. The van der Waals surface area contributed by atoms with Gasteiger partial charge in [0.15, 0.2) is 0 Å². The van der Waals surface area contributed by atoms with Crippen LogP contribution in [0.25, 0.3) is 0 Å². The number of nitrogens with zero attached hydrogens (tertiary/aromatic N) is 1. The SMILES string of the molecule is CCc1ccc(C)c(C#N)c1.Cc1ccccc1. The molecule has 0 unspecified atom stereocenters. The Morgan fingerprint density at radius 2 is 1.67 bits per heavy atom. The summed E-state index contributed by atoms with van der Waals surface area (Å²) in [5.74, 6) is 0. The van der Waals surface area contributed by atoms with E-state index in [4.69, 9.17) is 5.26 Å². The maximum absolute atomic E-state index is 8.69. The monoisotopic (exact) mass is 237 g/mol. The van der Waals surface area contributed by atoms with Crippen molar-refractivity contribution in [2.75, 3.05) is 0 Å². The van der Waals surface area contributed by atoms with Gasteiger partial charge in [-0.15, -0.1) is 0 Å². The summed E-state index contributed by atoms with van der Waals surface area (Å²) in [5.41, 5.74) is 4.41. The van der Waals surface area contributed by atoms with E-state index in [2.05, 4.69) is 38.1 Å². The highest BCUT2D eigenvalue weighted by Crippen LogP contribution is 2.09. The van der Waals surface area contributed by atoms with Crippen molar-refractivity contribution in [2.45, 2.75) is 27.2 Å². The van der Waals surface area contributed by atoms with Crippen molar-refractivity contribution in [2.24, 2.45) is 0 Å². The van der Waals surface area contributed by atoms with Gasteiger partial charge in [0.2, 0.25) is 0 Å². The minimum absolute atomic E-state index is 0.796. The molecule has 0 aliphatic heterocycles. The largest absolute Gasteiger partial charge is 0.192 e. The van der Waals surface area contributed by atoms with Crippen LogP contribution in [0.4, 0.5) is 0 Å². The molecule has 0 aliphatic carbocycles. The normalized spacial score (nSPS) is 9.00. The quantitative estimate of drug-likeness (QED) is 0.720. The molecule has 0 aromatic heterocycles. The molecule has 0 heterocycles. The van der Waals surface area contributed by atoms with Crippen LogP contribution in [-0.4, -0.2) is 0 Å². The van der Waals surface area contributed by atoms with Crippen molar-refractivity contribution in [1.82, 2.24) is 0 Å². The van der Waals surface area contributed by atoms with Crippen LogP contribution in [0.3, 0.4) is 0 Å². The van der Waals surface area contributed by atoms with Gasteiger partial charge in [-0.25, -0.2) is 0 Å². The fraction of sp³-hybridized carbons (Fsp3) is 0.235. The minimum Gasteiger partial charge on any atom is -0.192 e. The van der Waals surface area contributed by atoms with E-state index in [9.17, 15) is 0 Å². The molecular weight excluding hydrogens is 218 g/mol. The topological polar surface area (TPSA) is 23.8 Å². The van der Waals surface area contributed by atoms with E-state index in [1.54, 1.807) is 0 Å². The maximum atomic E-state index is 8.69. The Bertz CT molecular complexity index is 521. The highest BCUT2D eigenvalue weighted by atomic mass is 14.2. The van der Waals surface area contributed by atoms with Gasteiger partial charge in [-0.2, -0.15) is 5.26 Å². The average Bonchev–Trinajstić information content (AvgIpc) is 2.41. The van der Waals surface area contributed by atoms with Gasteiger partial charge in [0.05, 0.1) is 11.6 Å². The number of aryl methyl sites for hydroxylation is 3. The fourth-order valence-corrected chi connectivity index (χ4v) is 1.54. The summed E-state index contributed by atoms with van der Waals surface area (Å²) >= 11 is 0. The number of hydrogen-bond acceptors (Lipinski definition) is 1. The van der Waals surface area contributed by atoms with Gasteiger partial charge in [-0.3, -0.25) is 0 Å². The molecule has 0 saturated carbocycles. The van der Waals surface area contributed by atoms with Crippen molar-refractivity contribution in [3.63, 3.8) is 0 Å². The Morgan fingerprint density at radius 3 is 2.11 bits per heavy atom. The highest BCUT2D eigenvalue weighted by molar-refractivity contribution is 5.39. The molecule has 0 bridgehead atoms. The van der Waals surface area contributed by atoms with E-state index in [1.807, 2.05) is 37.3 Å². The van der Waals surface area contributed by atoms with Crippen molar-refractivity contribution >= 4 is 0 Å². The Balaban J connectivity index is 0.000000199. The van der Waals surface area contributed by atoms with Crippen LogP contribution in [0, 0.1) is 25.2 Å². The lowest BCUT2D eigenvalue weighted by Gasteiger charge is -1.99. The molecule has 0 amide bonds. The molecule has 2 aromatic carbocycles. The summed E-state index contributed by atoms with van der Waals surface area (Å²) in [4.78, 5) is 0. The number of nitriles is 1. The minimum atomic E-state index is 0.796. The number of rotatable bonds is 1. The Labute approximate surface area is 110 Å². The molecular formula is C17H19N. The van der Waals surface area contributed by atoms with Gasteiger partial charge in [-0.1, -0.05) is 55.0 Å². The molecule has 0 atom stereocenters. The third kappa shape index (κ3) is 4.43. The van der Waals surface area contributed by atoms with E-state index >= 15 is 0 Å². The van der Waals surface area contributed by atoms with Crippen LogP contribution < -0.4 is 0 Å². The lowest BCUT2D eigenvalue weighted by Crippen LogP contribution is -1.85. The molecule has 1 heteroatoms. The summed E-state index contributed by atoms with van der Waals surface area (Å²) in [6.07, 6.45) is 0.995. The van der Waals surface area contributed by atoms with E-state index in [1.165, 1.54) is 11.1 Å². The first-order chi connectivity index (χ1) is 8.67. The second-order valence-corrected chi connectivity index (χ2v) is 4.27. The molecule has 0 N–H and O–H groups in total. The van der Waals surface area contributed by atoms with Crippen LogP contribution in [0.15, 0.2) is 48.5 Å². The van der Waals surface area contributed by atoms with E-state index in [0.29, 0.717) is 0 Å². The fourth-order valence-electron chi connectivity index (χ4n) is 1.54. The van der Waals surface area contributed by atoms with Crippen molar-refractivity contribution in [1.29, 1.82) is 5.26 Å². The molecule has 2 aromatic rings. The van der Waals surface area contributed by atoms with Crippen molar-refractivity contribution in [3.05, 3.63) is 70.8 Å². The first-order valence-electron chi connectivity index (χ1n) is 6.18. The van der Waals surface area contributed by atoms with Gasteiger partial charge in [0.1, 0.15) is 0 Å². The Morgan fingerprint density at radius 1 is 1.00 bits per heavy atom. The zero-order valence-corrected chi connectivity index (χ0v) is 11.3. The standard InChI is InChI=1S/C10H11N.C7H8/c1-3-9-5-4-8(2)10(6-9)7-11;1-7-5-3-2-4-6-7/h4-6H,3H2,1-2H3;2-6H,1H3. The zero-order chi connectivity index (χ0) is 13.4. The number of hydrogen-bond donors (Lipinski definition) is 0. The summed E-state index contributed by atoms with van der Waals surface area (Å²) in [6.45, 7) is 6.13. The third-order valence-electron chi connectivity index (χ3n) is 2.77. The highest BCUT2D eigenvalue weighted by Gasteiger charge is 1.96. The first kappa shape index (κ1) is 14.0. The predicted octanol–water partition coefficient (Wildman–Crippen LogP) is 4.42. The van der Waals surface area contributed by atoms with Gasteiger partial charge in [-0.05, 0) is 37.5 Å². The van der Waals surface area contributed by atoms with Gasteiger partial charge in [0.25, 0.3) is 0 Å². The predicted molar refractivity (Wildman–Crippen MR) is 76.5 cm³/mol. The zero-order valence-electron chi connectivity index (χ0n) is 11.3. The van der Waals surface area contributed by atoms with Gasteiger partial charge >= 0.3 is 0 Å².